The van der Waals surface area contributed by atoms with Crippen molar-refractivity contribution in [2.75, 3.05) is 19.6 Å². The monoisotopic (exact) mass is 288 g/mol. The Bertz CT molecular complexity index is 375. The summed E-state index contributed by atoms with van der Waals surface area (Å²) in [5.41, 5.74) is 0. The molecule has 2 aliphatic rings. The molecule has 0 amide bonds. The van der Waals surface area contributed by atoms with Gasteiger partial charge < -0.3 is 4.90 Å². The molecule has 0 bridgehead atoms. The molecule has 19 heavy (non-hydrogen) atoms. The van der Waals surface area contributed by atoms with Gasteiger partial charge in [-0.2, -0.15) is 0 Å². The van der Waals surface area contributed by atoms with Crippen molar-refractivity contribution in [3.05, 3.63) is 0 Å². The first-order valence-corrected chi connectivity index (χ1v) is 9.26. The van der Waals surface area contributed by atoms with Gasteiger partial charge in [0.05, 0.1) is 5.25 Å². The van der Waals surface area contributed by atoms with E-state index in [0.717, 1.165) is 25.6 Å². The van der Waals surface area contributed by atoms with Crippen LogP contribution in [0.15, 0.2) is 0 Å². The fourth-order valence-corrected chi connectivity index (χ4v) is 4.01. The lowest BCUT2D eigenvalue weighted by molar-refractivity contribution is 0.185. The molecule has 1 saturated carbocycles. The fourth-order valence-electron chi connectivity index (χ4n) is 3.21. The van der Waals surface area contributed by atoms with Crippen LogP contribution in [0, 0.1) is 5.92 Å². The fraction of sp³-hybridized carbons (Fsp3) is 1.00. The van der Waals surface area contributed by atoms with Crippen molar-refractivity contribution < 1.29 is 8.42 Å². The van der Waals surface area contributed by atoms with Gasteiger partial charge in [-0.05, 0) is 45.6 Å². The molecule has 2 fully saturated rings. The van der Waals surface area contributed by atoms with Gasteiger partial charge in [0.1, 0.15) is 0 Å². The summed E-state index contributed by atoms with van der Waals surface area (Å²) in [5, 5.41) is -0.330. The van der Waals surface area contributed by atoms with Gasteiger partial charge in [0.25, 0.3) is 0 Å². The summed E-state index contributed by atoms with van der Waals surface area (Å²) in [5.74, 6) is 0.496. The minimum absolute atomic E-state index is 0.330. The van der Waals surface area contributed by atoms with Gasteiger partial charge in [0, 0.05) is 19.1 Å². The smallest absolute Gasteiger partial charge is 0.213 e. The molecule has 1 unspecified atom stereocenters. The molecule has 0 spiro atoms. The standard InChI is InChI=1S/C14H28N2O2S/c1-12(2)19(17,18)15-10-13-8-9-16(11-13)14-6-4-3-5-7-14/h12-15H,3-11H2,1-2H3. The third-order valence-electron chi connectivity index (χ3n) is 4.60. The van der Waals surface area contributed by atoms with Crippen molar-refractivity contribution in [1.82, 2.24) is 9.62 Å². The predicted molar refractivity (Wildman–Crippen MR) is 78.6 cm³/mol. The number of hydrogen-bond acceptors (Lipinski definition) is 3. The van der Waals surface area contributed by atoms with Gasteiger partial charge in [-0.1, -0.05) is 19.3 Å². The molecule has 1 N–H and O–H groups in total. The van der Waals surface area contributed by atoms with Crippen LogP contribution in [-0.2, 0) is 10.0 Å². The van der Waals surface area contributed by atoms with E-state index >= 15 is 0 Å². The predicted octanol–water partition coefficient (Wildman–Crippen LogP) is 1.97. The van der Waals surface area contributed by atoms with Crippen LogP contribution in [0.5, 0.6) is 0 Å². The SMILES string of the molecule is CC(C)S(=O)(=O)NCC1CCN(C2CCCCC2)C1. The second-order valence-corrected chi connectivity index (χ2v) is 8.71. The maximum Gasteiger partial charge on any atom is 0.213 e. The lowest BCUT2D eigenvalue weighted by Crippen LogP contribution is -2.38. The summed E-state index contributed by atoms with van der Waals surface area (Å²) >= 11 is 0. The zero-order chi connectivity index (χ0) is 13.9. The van der Waals surface area contributed by atoms with Crippen LogP contribution in [-0.4, -0.2) is 44.2 Å². The lowest BCUT2D eigenvalue weighted by atomic mass is 9.94. The van der Waals surface area contributed by atoms with E-state index in [1.54, 1.807) is 13.8 Å². The van der Waals surface area contributed by atoms with E-state index in [1.165, 1.54) is 32.1 Å². The molecule has 0 aromatic carbocycles. The summed E-state index contributed by atoms with van der Waals surface area (Å²) < 4.78 is 26.3. The van der Waals surface area contributed by atoms with Gasteiger partial charge in [-0.15, -0.1) is 0 Å². The summed E-state index contributed by atoms with van der Waals surface area (Å²) in [6.45, 7) is 6.30. The van der Waals surface area contributed by atoms with E-state index < -0.39 is 10.0 Å². The Morgan fingerprint density at radius 3 is 2.47 bits per heavy atom. The van der Waals surface area contributed by atoms with Crippen molar-refractivity contribution >= 4 is 10.0 Å². The molecule has 5 heteroatoms. The van der Waals surface area contributed by atoms with E-state index in [-0.39, 0.29) is 5.25 Å². The Balaban J connectivity index is 1.76. The van der Waals surface area contributed by atoms with Crippen LogP contribution in [0.1, 0.15) is 52.4 Å². The molecule has 1 atom stereocenters. The van der Waals surface area contributed by atoms with Crippen LogP contribution >= 0.6 is 0 Å². The molecule has 112 valence electrons. The summed E-state index contributed by atoms with van der Waals surface area (Å²) in [4.78, 5) is 2.59. The van der Waals surface area contributed by atoms with Crippen molar-refractivity contribution in [2.24, 2.45) is 5.92 Å². The third kappa shape index (κ3) is 4.17. The van der Waals surface area contributed by atoms with E-state index in [0.29, 0.717) is 12.5 Å². The number of hydrogen-bond donors (Lipinski definition) is 1. The molecule has 4 nitrogen and oxygen atoms in total. The first kappa shape index (κ1) is 15.3. The minimum Gasteiger partial charge on any atom is -0.300 e. The molecule has 0 aromatic rings. The van der Waals surface area contributed by atoms with E-state index in [9.17, 15) is 8.42 Å². The first-order chi connectivity index (χ1) is 8.99. The Hall–Kier alpha value is -0.130. The molecule has 1 saturated heterocycles. The Morgan fingerprint density at radius 2 is 1.84 bits per heavy atom. The zero-order valence-corrected chi connectivity index (χ0v) is 13.1. The molecular weight excluding hydrogens is 260 g/mol. The second kappa shape index (κ2) is 6.55. The van der Waals surface area contributed by atoms with Gasteiger partial charge in [0.2, 0.25) is 10.0 Å². The van der Waals surface area contributed by atoms with E-state index in [4.69, 9.17) is 0 Å². The Kier molecular flexibility index (Phi) is 5.26. The highest BCUT2D eigenvalue weighted by atomic mass is 32.2. The highest BCUT2D eigenvalue weighted by molar-refractivity contribution is 7.90. The number of nitrogens with zero attached hydrogens (tertiary/aromatic N) is 1. The maximum absolute atomic E-state index is 11.7. The third-order valence-corrected chi connectivity index (χ3v) is 6.41. The molecular formula is C14H28N2O2S. The van der Waals surface area contributed by atoms with Crippen LogP contribution in [0.4, 0.5) is 0 Å². The number of rotatable bonds is 5. The van der Waals surface area contributed by atoms with Gasteiger partial charge >= 0.3 is 0 Å². The summed E-state index contributed by atoms with van der Waals surface area (Å²) in [6, 6.07) is 0.764. The van der Waals surface area contributed by atoms with Crippen LogP contribution in [0.25, 0.3) is 0 Å². The molecule has 0 radical (unpaired) electrons. The molecule has 1 aliphatic carbocycles. The maximum atomic E-state index is 11.7. The van der Waals surface area contributed by atoms with Gasteiger partial charge in [-0.3, -0.25) is 0 Å². The Labute approximate surface area is 118 Å². The highest BCUT2D eigenvalue weighted by Crippen LogP contribution is 2.27. The average molecular weight is 288 g/mol. The quantitative estimate of drug-likeness (QED) is 0.841. The minimum atomic E-state index is -3.10. The van der Waals surface area contributed by atoms with E-state index in [1.807, 2.05) is 0 Å². The average Bonchev–Trinajstić information content (AvgIpc) is 2.86. The molecule has 0 aromatic heterocycles. The second-order valence-electron chi connectivity index (χ2n) is 6.38. The van der Waals surface area contributed by atoms with Crippen LogP contribution < -0.4 is 4.72 Å². The van der Waals surface area contributed by atoms with Crippen molar-refractivity contribution in [2.45, 2.75) is 63.7 Å². The normalized spacial score (nSPS) is 27.2. The van der Waals surface area contributed by atoms with Crippen LogP contribution in [0.3, 0.4) is 0 Å². The number of sulfonamides is 1. The van der Waals surface area contributed by atoms with Crippen molar-refractivity contribution in [3.63, 3.8) is 0 Å². The topological polar surface area (TPSA) is 49.4 Å². The largest absolute Gasteiger partial charge is 0.300 e. The zero-order valence-electron chi connectivity index (χ0n) is 12.3. The van der Waals surface area contributed by atoms with Crippen LogP contribution in [0.2, 0.25) is 0 Å². The van der Waals surface area contributed by atoms with Gasteiger partial charge in [0.15, 0.2) is 0 Å². The summed E-state index contributed by atoms with van der Waals surface area (Å²) in [7, 11) is -3.10. The molecule has 1 heterocycles. The van der Waals surface area contributed by atoms with Crippen molar-refractivity contribution in [1.29, 1.82) is 0 Å². The number of nitrogens with one attached hydrogen (secondary N) is 1. The molecule has 1 aliphatic heterocycles. The highest BCUT2D eigenvalue weighted by Gasteiger charge is 2.29. The van der Waals surface area contributed by atoms with E-state index in [2.05, 4.69) is 9.62 Å². The van der Waals surface area contributed by atoms with Crippen molar-refractivity contribution in [3.8, 4) is 0 Å². The summed E-state index contributed by atoms with van der Waals surface area (Å²) in [6.07, 6.45) is 7.94. The first-order valence-electron chi connectivity index (χ1n) is 7.71. The Morgan fingerprint density at radius 1 is 1.16 bits per heavy atom. The molecule has 2 rings (SSSR count). The lowest BCUT2D eigenvalue weighted by Gasteiger charge is -2.31. The van der Waals surface area contributed by atoms with Gasteiger partial charge in [-0.25, -0.2) is 13.1 Å². The number of likely N-dealkylation sites (tertiary alicyclic amines) is 1.